The Hall–Kier alpha value is -1.60. The van der Waals surface area contributed by atoms with E-state index in [-0.39, 0.29) is 5.91 Å². The normalized spacial score (nSPS) is 11.3. The van der Waals surface area contributed by atoms with Crippen LogP contribution >= 0.6 is 34.7 Å². The monoisotopic (exact) mass is 419 g/mol. The highest BCUT2D eigenvalue weighted by Gasteiger charge is 2.22. The molecule has 0 aliphatic rings. The Morgan fingerprint density at radius 2 is 2.00 bits per heavy atom. The van der Waals surface area contributed by atoms with E-state index in [0.717, 1.165) is 27.2 Å². The maximum atomic E-state index is 13.3. The van der Waals surface area contributed by atoms with Crippen LogP contribution in [0.2, 0.25) is 5.02 Å². The highest BCUT2D eigenvalue weighted by atomic mass is 35.5. The van der Waals surface area contributed by atoms with Gasteiger partial charge < -0.3 is 4.90 Å². The summed E-state index contributed by atoms with van der Waals surface area (Å²) in [5.41, 5.74) is 2.48. The Bertz CT molecular complexity index is 971. The second-order valence-corrected chi connectivity index (χ2v) is 8.80. The standard InChI is InChI=1S/C20H22ClN3OS2/c1-13-16(21)8-9-17-18(13)22-20(27-17)24(11-10-23(2)3)19(25)14-6-5-7-15(12-14)26-4/h5-9,12H,10-11H2,1-4H3. The Balaban J connectivity index is 2.02. The van der Waals surface area contributed by atoms with Crippen molar-refractivity contribution in [3.05, 3.63) is 52.5 Å². The predicted octanol–water partition coefficient (Wildman–Crippen LogP) is 5.19. The first kappa shape index (κ1) is 20.1. The number of fused-ring (bicyclic) bond motifs is 1. The number of carbonyl (C=O) groups is 1. The molecule has 0 spiro atoms. The number of anilines is 1. The molecule has 1 heterocycles. The van der Waals surface area contributed by atoms with Gasteiger partial charge in [-0.3, -0.25) is 9.69 Å². The zero-order chi connectivity index (χ0) is 19.6. The van der Waals surface area contributed by atoms with Gasteiger partial charge in [0.05, 0.1) is 10.2 Å². The molecule has 2 aromatic carbocycles. The number of thioether (sulfide) groups is 1. The van der Waals surface area contributed by atoms with Crippen LogP contribution in [0.25, 0.3) is 10.2 Å². The molecule has 3 rings (SSSR count). The molecular weight excluding hydrogens is 398 g/mol. The molecule has 0 bridgehead atoms. The summed E-state index contributed by atoms with van der Waals surface area (Å²) in [4.78, 5) is 23.0. The Morgan fingerprint density at radius 1 is 1.22 bits per heavy atom. The van der Waals surface area contributed by atoms with Gasteiger partial charge in [-0.05, 0) is 63.2 Å². The molecule has 0 aliphatic carbocycles. The van der Waals surface area contributed by atoms with Gasteiger partial charge in [0.1, 0.15) is 0 Å². The third-order valence-corrected chi connectivity index (χ3v) is 6.48. The minimum absolute atomic E-state index is 0.0319. The largest absolute Gasteiger partial charge is 0.308 e. The number of aryl methyl sites for hydroxylation is 1. The number of hydrogen-bond acceptors (Lipinski definition) is 5. The summed E-state index contributed by atoms with van der Waals surface area (Å²) in [7, 11) is 4.00. The van der Waals surface area contributed by atoms with Crippen LogP contribution in [-0.4, -0.2) is 49.2 Å². The van der Waals surface area contributed by atoms with Crippen molar-refractivity contribution in [3.8, 4) is 0 Å². The van der Waals surface area contributed by atoms with E-state index >= 15 is 0 Å². The second kappa shape index (κ2) is 8.61. The molecule has 0 radical (unpaired) electrons. The molecule has 1 aromatic heterocycles. The van der Waals surface area contributed by atoms with Gasteiger partial charge in [0, 0.05) is 28.6 Å². The fraction of sp³-hybridized carbons (Fsp3) is 0.300. The van der Waals surface area contributed by atoms with E-state index in [0.29, 0.717) is 22.3 Å². The quantitative estimate of drug-likeness (QED) is 0.515. The molecule has 0 saturated carbocycles. The number of hydrogen-bond donors (Lipinski definition) is 0. The lowest BCUT2D eigenvalue weighted by Gasteiger charge is -2.22. The zero-order valence-corrected chi connectivity index (χ0v) is 18.2. The van der Waals surface area contributed by atoms with Gasteiger partial charge in [0.15, 0.2) is 5.13 Å². The molecule has 27 heavy (non-hydrogen) atoms. The van der Waals surface area contributed by atoms with Gasteiger partial charge in [-0.2, -0.15) is 0 Å². The second-order valence-electron chi connectivity index (χ2n) is 6.51. The maximum absolute atomic E-state index is 13.3. The Kier molecular flexibility index (Phi) is 6.42. The highest BCUT2D eigenvalue weighted by molar-refractivity contribution is 7.98. The predicted molar refractivity (Wildman–Crippen MR) is 118 cm³/mol. The van der Waals surface area contributed by atoms with Gasteiger partial charge in [0.25, 0.3) is 5.91 Å². The van der Waals surface area contributed by atoms with Crippen molar-refractivity contribution in [2.75, 3.05) is 38.3 Å². The van der Waals surface area contributed by atoms with Crippen LogP contribution in [0.3, 0.4) is 0 Å². The van der Waals surface area contributed by atoms with E-state index < -0.39 is 0 Å². The molecule has 0 unspecified atom stereocenters. The minimum Gasteiger partial charge on any atom is -0.308 e. The van der Waals surface area contributed by atoms with E-state index in [4.69, 9.17) is 16.6 Å². The average Bonchev–Trinajstić information content (AvgIpc) is 3.09. The third-order valence-electron chi connectivity index (χ3n) is 4.30. The van der Waals surface area contributed by atoms with Crippen molar-refractivity contribution in [1.82, 2.24) is 9.88 Å². The smallest absolute Gasteiger partial charge is 0.260 e. The van der Waals surface area contributed by atoms with Crippen LogP contribution in [0.1, 0.15) is 15.9 Å². The first-order valence-corrected chi connectivity index (χ1v) is 11.0. The summed E-state index contributed by atoms with van der Waals surface area (Å²) in [6, 6.07) is 11.6. The van der Waals surface area contributed by atoms with Crippen molar-refractivity contribution in [2.24, 2.45) is 0 Å². The Morgan fingerprint density at radius 3 is 2.70 bits per heavy atom. The number of rotatable bonds is 6. The van der Waals surface area contributed by atoms with E-state index in [1.54, 1.807) is 16.7 Å². The molecule has 1 amide bonds. The average molecular weight is 420 g/mol. The number of thiazole rings is 1. The van der Waals surface area contributed by atoms with Crippen LogP contribution < -0.4 is 4.90 Å². The molecule has 7 heteroatoms. The van der Waals surface area contributed by atoms with Crippen LogP contribution in [-0.2, 0) is 0 Å². The summed E-state index contributed by atoms with van der Waals surface area (Å²) in [5, 5.41) is 1.40. The fourth-order valence-corrected chi connectivity index (χ4v) is 4.36. The van der Waals surface area contributed by atoms with E-state index in [1.165, 1.54) is 11.3 Å². The molecular formula is C20H22ClN3OS2. The summed E-state index contributed by atoms with van der Waals surface area (Å²) in [5.74, 6) is -0.0319. The number of carbonyl (C=O) groups excluding carboxylic acids is 1. The van der Waals surface area contributed by atoms with Gasteiger partial charge in [-0.1, -0.05) is 29.0 Å². The number of aromatic nitrogens is 1. The molecule has 0 N–H and O–H groups in total. The summed E-state index contributed by atoms with van der Waals surface area (Å²) >= 11 is 9.40. The topological polar surface area (TPSA) is 36.4 Å². The van der Waals surface area contributed by atoms with Crippen molar-refractivity contribution in [1.29, 1.82) is 0 Å². The molecule has 3 aromatic rings. The van der Waals surface area contributed by atoms with Gasteiger partial charge in [-0.25, -0.2) is 4.98 Å². The summed E-state index contributed by atoms with van der Waals surface area (Å²) in [6.45, 7) is 3.29. The van der Waals surface area contributed by atoms with Crippen LogP contribution in [0.4, 0.5) is 5.13 Å². The van der Waals surface area contributed by atoms with Gasteiger partial charge >= 0.3 is 0 Å². The molecule has 142 valence electrons. The number of benzene rings is 2. The highest BCUT2D eigenvalue weighted by Crippen LogP contribution is 2.34. The van der Waals surface area contributed by atoms with Crippen molar-refractivity contribution >= 4 is 56.0 Å². The van der Waals surface area contributed by atoms with Crippen LogP contribution in [0.15, 0.2) is 41.3 Å². The van der Waals surface area contributed by atoms with Gasteiger partial charge in [0.2, 0.25) is 0 Å². The van der Waals surface area contributed by atoms with Crippen LogP contribution in [0.5, 0.6) is 0 Å². The molecule has 0 aliphatic heterocycles. The number of halogens is 1. The van der Waals surface area contributed by atoms with Gasteiger partial charge in [-0.15, -0.1) is 11.8 Å². The summed E-state index contributed by atoms with van der Waals surface area (Å²) in [6.07, 6.45) is 2.01. The van der Waals surface area contributed by atoms with Crippen LogP contribution in [0, 0.1) is 6.92 Å². The first-order valence-electron chi connectivity index (χ1n) is 8.57. The van der Waals surface area contributed by atoms with E-state index in [1.807, 2.05) is 63.7 Å². The molecule has 4 nitrogen and oxygen atoms in total. The maximum Gasteiger partial charge on any atom is 0.260 e. The molecule has 0 saturated heterocycles. The first-order chi connectivity index (χ1) is 12.9. The number of amides is 1. The number of nitrogens with zero attached hydrogens (tertiary/aromatic N) is 3. The van der Waals surface area contributed by atoms with Crippen molar-refractivity contribution in [2.45, 2.75) is 11.8 Å². The molecule has 0 atom stereocenters. The van der Waals surface area contributed by atoms with Crippen molar-refractivity contribution in [3.63, 3.8) is 0 Å². The zero-order valence-electron chi connectivity index (χ0n) is 15.8. The summed E-state index contributed by atoms with van der Waals surface area (Å²) < 4.78 is 1.03. The van der Waals surface area contributed by atoms with E-state index in [2.05, 4.69) is 4.90 Å². The third kappa shape index (κ3) is 4.46. The lowest BCUT2D eigenvalue weighted by atomic mass is 10.2. The lowest BCUT2D eigenvalue weighted by Crippen LogP contribution is -2.36. The fourth-order valence-electron chi connectivity index (χ4n) is 2.70. The SMILES string of the molecule is CSc1cccc(C(=O)N(CCN(C)C)c2nc3c(C)c(Cl)ccc3s2)c1. The lowest BCUT2D eigenvalue weighted by molar-refractivity contribution is 0.0985. The van der Waals surface area contributed by atoms with E-state index in [9.17, 15) is 4.79 Å². The minimum atomic E-state index is -0.0319. The molecule has 0 fully saturated rings. The number of likely N-dealkylation sites (N-methyl/N-ethyl adjacent to an activating group) is 1. The Labute approximate surface area is 173 Å². The van der Waals surface area contributed by atoms with Crippen molar-refractivity contribution < 1.29 is 4.79 Å².